The number of hydrogen-bond donors (Lipinski definition) is 1. The third kappa shape index (κ3) is 4.82. The lowest BCUT2D eigenvalue weighted by atomic mass is 10.1. The lowest BCUT2D eigenvalue weighted by Crippen LogP contribution is -2.22. The first-order chi connectivity index (χ1) is 12.6. The first-order valence-electron chi connectivity index (χ1n) is 8.04. The average Bonchev–Trinajstić information content (AvgIpc) is 3.32. The van der Waals surface area contributed by atoms with Crippen molar-refractivity contribution >= 4 is 23.0 Å². The van der Waals surface area contributed by atoms with Crippen LogP contribution in [0.15, 0.2) is 46.3 Å². The highest BCUT2D eigenvalue weighted by molar-refractivity contribution is 7.12. The SMILES string of the molecule is O=C(CCCC(=O)c1cccs1)NCc1nc(-c2ccc(F)cc2)no1. The molecule has 6 nitrogen and oxygen atoms in total. The first-order valence-corrected chi connectivity index (χ1v) is 8.92. The van der Waals surface area contributed by atoms with Crippen LogP contribution in [0.5, 0.6) is 0 Å². The van der Waals surface area contributed by atoms with Gasteiger partial charge in [0.25, 0.3) is 0 Å². The molecule has 0 aliphatic rings. The van der Waals surface area contributed by atoms with Gasteiger partial charge in [-0.3, -0.25) is 9.59 Å². The van der Waals surface area contributed by atoms with Crippen LogP contribution in [0.25, 0.3) is 11.4 Å². The normalized spacial score (nSPS) is 10.7. The number of carbonyl (C=O) groups is 2. The van der Waals surface area contributed by atoms with Crippen LogP contribution in [0.2, 0.25) is 0 Å². The molecule has 8 heteroatoms. The molecule has 0 unspecified atom stereocenters. The van der Waals surface area contributed by atoms with Gasteiger partial charge in [-0.15, -0.1) is 11.3 Å². The molecular weight excluding hydrogens is 357 g/mol. The smallest absolute Gasteiger partial charge is 0.246 e. The molecule has 26 heavy (non-hydrogen) atoms. The van der Waals surface area contributed by atoms with Crippen LogP contribution in [0.4, 0.5) is 4.39 Å². The Kier molecular flexibility index (Phi) is 5.85. The fraction of sp³-hybridized carbons (Fsp3) is 0.222. The van der Waals surface area contributed by atoms with E-state index in [0.717, 1.165) is 0 Å². The molecule has 1 N–H and O–H groups in total. The van der Waals surface area contributed by atoms with Crippen LogP contribution in [0.3, 0.4) is 0 Å². The van der Waals surface area contributed by atoms with Crippen molar-refractivity contribution in [2.75, 3.05) is 0 Å². The minimum absolute atomic E-state index is 0.0497. The van der Waals surface area contributed by atoms with Gasteiger partial charge in [-0.2, -0.15) is 4.98 Å². The van der Waals surface area contributed by atoms with E-state index in [1.807, 2.05) is 11.4 Å². The number of halogens is 1. The second-order valence-corrected chi connectivity index (χ2v) is 6.50. The number of hydrogen-bond acceptors (Lipinski definition) is 6. The number of carbonyl (C=O) groups excluding carboxylic acids is 2. The lowest BCUT2D eigenvalue weighted by molar-refractivity contribution is -0.121. The predicted molar refractivity (Wildman–Crippen MR) is 94.0 cm³/mol. The molecule has 0 fully saturated rings. The highest BCUT2D eigenvalue weighted by Gasteiger charge is 2.11. The van der Waals surface area contributed by atoms with E-state index < -0.39 is 0 Å². The Labute approximate surface area is 153 Å². The number of thiophene rings is 1. The summed E-state index contributed by atoms with van der Waals surface area (Å²) >= 11 is 1.40. The van der Waals surface area contributed by atoms with Crippen LogP contribution < -0.4 is 5.32 Å². The molecule has 1 amide bonds. The third-order valence-electron chi connectivity index (χ3n) is 3.61. The van der Waals surface area contributed by atoms with Gasteiger partial charge in [0.1, 0.15) is 5.82 Å². The Balaban J connectivity index is 1.42. The van der Waals surface area contributed by atoms with Crippen LogP contribution in [0, 0.1) is 5.82 Å². The summed E-state index contributed by atoms with van der Waals surface area (Å²) < 4.78 is 18.0. The van der Waals surface area contributed by atoms with E-state index in [4.69, 9.17) is 4.52 Å². The van der Waals surface area contributed by atoms with E-state index in [1.54, 1.807) is 18.2 Å². The maximum Gasteiger partial charge on any atom is 0.246 e. The molecular formula is C18H16FN3O3S. The van der Waals surface area contributed by atoms with Crippen LogP contribution in [-0.4, -0.2) is 21.8 Å². The van der Waals surface area contributed by atoms with Gasteiger partial charge >= 0.3 is 0 Å². The molecule has 3 aromatic rings. The summed E-state index contributed by atoms with van der Waals surface area (Å²) in [7, 11) is 0. The summed E-state index contributed by atoms with van der Waals surface area (Å²) in [5, 5.41) is 8.33. The van der Waals surface area contributed by atoms with Crippen molar-refractivity contribution in [3.05, 3.63) is 58.4 Å². The number of aromatic nitrogens is 2. The topological polar surface area (TPSA) is 85.1 Å². The molecule has 0 spiro atoms. The second kappa shape index (κ2) is 8.48. The van der Waals surface area contributed by atoms with Gasteiger partial charge < -0.3 is 9.84 Å². The maximum atomic E-state index is 12.9. The Hall–Kier alpha value is -2.87. The molecule has 0 saturated carbocycles. The molecule has 2 heterocycles. The van der Waals surface area contributed by atoms with E-state index >= 15 is 0 Å². The van der Waals surface area contributed by atoms with Crippen molar-refractivity contribution in [1.29, 1.82) is 0 Å². The number of nitrogens with one attached hydrogen (secondary N) is 1. The lowest BCUT2D eigenvalue weighted by Gasteiger charge is -2.01. The van der Waals surface area contributed by atoms with E-state index in [1.165, 1.54) is 23.5 Å². The zero-order valence-electron chi connectivity index (χ0n) is 13.8. The summed E-state index contributed by atoms with van der Waals surface area (Å²) in [4.78, 5) is 28.6. The highest BCUT2D eigenvalue weighted by atomic mass is 32.1. The summed E-state index contributed by atoms with van der Waals surface area (Å²) in [5.74, 6) is 0.101. The summed E-state index contributed by atoms with van der Waals surface area (Å²) in [5.41, 5.74) is 0.625. The molecule has 3 rings (SSSR count). The highest BCUT2D eigenvalue weighted by Crippen LogP contribution is 2.16. The van der Waals surface area contributed by atoms with Gasteiger partial charge in [-0.05, 0) is 42.1 Å². The number of benzene rings is 1. The quantitative estimate of drug-likeness (QED) is 0.610. The van der Waals surface area contributed by atoms with Crippen molar-refractivity contribution in [2.24, 2.45) is 0 Å². The minimum atomic E-state index is -0.345. The van der Waals surface area contributed by atoms with Crippen LogP contribution in [-0.2, 0) is 11.3 Å². The molecule has 2 aromatic heterocycles. The number of ketones is 1. The fourth-order valence-electron chi connectivity index (χ4n) is 2.28. The van der Waals surface area contributed by atoms with Gasteiger partial charge in [-0.25, -0.2) is 4.39 Å². The van der Waals surface area contributed by atoms with E-state index in [9.17, 15) is 14.0 Å². The van der Waals surface area contributed by atoms with Crippen molar-refractivity contribution in [3.63, 3.8) is 0 Å². The Morgan fingerprint density at radius 1 is 1.15 bits per heavy atom. The number of amides is 1. The van der Waals surface area contributed by atoms with Crippen molar-refractivity contribution in [2.45, 2.75) is 25.8 Å². The Morgan fingerprint density at radius 2 is 1.96 bits per heavy atom. The fourth-order valence-corrected chi connectivity index (χ4v) is 2.97. The average molecular weight is 373 g/mol. The second-order valence-electron chi connectivity index (χ2n) is 5.55. The summed E-state index contributed by atoms with van der Waals surface area (Å²) in [6, 6.07) is 9.33. The van der Waals surface area contributed by atoms with E-state index in [2.05, 4.69) is 15.5 Å². The van der Waals surface area contributed by atoms with Crippen molar-refractivity contribution < 1.29 is 18.5 Å². The maximum absolute atomic E-state index is 12.9. The molecule has 0 aliphatic heterocycles. The predicted octanol–water partition coefficient (Wildman–Crippen LogP) is 3.61. The van der Waals surface area contributed by atoms with Crippen molar-refractivity contribution in [3.8, 4) is 11.4 Å². The minimum Gasteiger partial charge on any atom is -0.347 e. The summed E-state index contributed by atoms with van der Waals surface area (Å²) in [6.07, 6.45) is 1.06. The van der Waals surface area contributed by atoms with Gasteiger partial charge in [0.05, 0.1) is 11.4 Å². The molecule has 1 aromatic carbocycles. The van der Waals surface area contributed by atoms with Gasteiger partial charge in [0.2, 0.25) is 17.6 Å². The first kappa shape index (κ1) is 17.9. The molecule has 0 atom stereocenters. The Morgan fingerprint density at radius 3 is 2.69 bits per heavy atom. The van der Waals surface area contributed by atoms with Gasteiger partial charge in [0.15, 0.2) is 5.78 Å². The monoisotopic (exact) mass is 373 g/mol. The summed E-state index contributed by atoms with van der Waals surface area (Å²) in [6.45, 7) is 0.103. The molecule has 134 valence electrons. The van der Waals surface area contributed by atoms with Gasteiger partial charge in [-0.1, -0.05) is 11.2 Å². The molecule has 0 bridgehead atoms. The number of Topliss-reactive ketones (excluding diaryl/α,β-unsaturated/α-hetero) is 1. The number of nitrogens with zero attached hydrogens (tertiary/aromatic N) is 2. The van der Waals surface area contributed by atoms with E-state index in [0.29, 0.717) is 29.1 Å². The molecule has 0 radical (unpaired) electrons. The zero-order valence-corrected chi connectivity index (χ0v) is 14.6. The van der Waals surface area contributed by atoms with Gasteiger partial charge in [0, 0.05) is 18.4 Å². The van der Waals surface area contributed by atoms with Crippen molar-refractivity contribution in [1.82, 2.24) is 15.5 Å². The van der Waals surface area contributed by atoms with Crippen LogP contribution >= 0.6 is 11.3 Å². The molecule has 0 aliphatic carbocycles. The standard InChI is InChI=1S/C18H16FN3O3S/c19-13-8-6-12(7-9-13)18-21-17(25-22-18)11-20-16(24)5-1-3-14(23)15-4-2-10-26-15/h2,4,6-10H,1,3,5,11H2,(H,20,24). The largest absolute Gasteiger partial charge is 0.347 e. The zero-order chi connectivity index (χ0) is 18.4. The Bertz CT molecular complexity index is 875. The third-order valence-corrected chi connectivity index (χ3v) is 4.52. The molecule has 0 saturated heterocycles. The van der Waals surface area contributed by atoms with E-state index in [-0.39, 0.29) is 36.4 Å². The van der Waals surface area contributed by atoms with Crippen LogP contribution in [0.1, 0.15) is 34.8 Å². The number of rotatable bonds is 8.